The molecule has 0 spiro atoms. The molecule has 1 atom stereocenters. The van der Waals surface area contributed by atoms with Crippen LogP contribution in [0.5, 0.6) is 0 Å². The van der Waals surface area contributed by atoms with Gasteiger partial charge in [-0.25, -0.2) is 4.79 Å². The lowest BCUT2D eigenvalue weighted by Crippen LogP contribution is -2.31. The minimum absolute atomic E-state index is 0. The number of benzene rings is 1. The summed E-state index contributed by atoms with van der Waals surface area (Å²) in [5.41, 5.74) is 5.98. The van der Waals surface area contributed by atoms with Crippen molar-refractivity contribution in [3.63, 3.8) is 0 Å². The first-order valence-corrected chi connectivity index (χ1v) is 4.98. The molecule has 0 aromatic heterocycles. The summed E-state index contributed by atoms with van der Waals surface area (Å²) in [5.74, 6) is -2.38. The fourth-order valence-electron chi connectivity index (χ4n) is 1.28. The van der Waals surface area contributed by atoms with Gasteiger partial charge in [-0.05, 0) is 11.6 Å². The second-order valence-corrected chi connectivity index (χ2v) is 3.53. The fourth-order valence-corrected chi connectivity index (χ4v) is 1.28. The topological polar surface area (TPSA) is 101 Å². The Hall–Kier alpha value is -1.85. The summed E-state index contributed by atoms with van der Waals surface area (Å²) in [5, 5.41) is 17.6. The normalized spacial score (nSPS) is 12.4. The molecule has 6 heteroatoms. The first-order valence-electron chi connectivity index (χ1n) is 4.98. The van der Waals surface area contributed by atoms with Gasteiger partial charge >= 0.3 is 11.9 Å². The van der Waals surface area contributed by atoms with Crippen molar-refractivity contribution < 1.29 is 19.8 Å². The van der Waals surface area contributed by atoms with Crippen LogP contribution in [0.15, 0.2) is 35.9 Å². The Bertz CT molecular complexity index is 445. The van der Waals surface area contributed by atoms with Gasteiger partial charge in [0.25, 0.3) is 0 Å². The van der Waals surface area contributed by atoms with Gasteiger partial charge in [0.05, 0.1) is 0 Å². The average Bonchev–Trinajstić information content (AvgIpc) is 2.29. The van der Waals surface area contributed by atoms with Gasteiger partial charge in [0.1, 0.15) is 6.04 Å². The summed E-state index contributed by atoms with van der Waals surface area (Å²) < 4.78 is 0. The maximum atomic E-state index is 10.9. The maximum Gasteiger partial charge on any atom is 0.331 e. The van der Waals surface area contributed by atoms with Crippen LogP contribution in [0.1, 0.15) is 12.0 Å². The Morgan fingerprint density at radius 2 is 1.78 bits per heavy atom. The lowest BCUT2D eigenvalue weighted by Gasteiger charge is -2.07. The van der Waals surface area contributed by atoms with Crippen molar-refractivity contribution in [1.29, 1.82) is 0 Å². The zero-order valence-corrected chi connectivity index (χ0v) is 10.3. The molecule has 4 N–H and O–H groups in total. The van der Waals surface area contributed by atoms with Crippen LogP contribution in [0, 0.1) is 0 Å². The smallest absolute Gasteiger partial charge is 0.331 e. The molecule has 1 aromatic carbocycles. The van der Waals surface area contributed by atoms with Crippen LogP contribution in [0.2, 0.25) is 0 Å². The average molecular weight is 272 g/mol. The van der Waals surface area contributed by atoms with E-state index < -0.39 is 18.0 Å². The van der Waals surface area contributed by atoms with Gasteiger partial charge in [0, 0.05) is 12.0 Å². The van der Waals surface area contributed by atoms with Crippen molar-refractivity contribution in [1.82, 2.24) is 0 Å². The van der Waals surface area contributed by atoms with Gasteiger partial charge in [-0.1, -0.05) is 30.3 Å². The van der Waals surface area contributed by atoms with E-state index >= 15 is 0 Å². The van der Waals surface area contributed by atoms with Crippen LogP contribution in [-0.4, -0.2) is 28.2 Å². The standard InChI is InChI=1S/C12H13NO4.ClH/c13-10(12(16)17)7-9(11(14)15)6-8-4-2-1-3-5-8;/h1-6,10H,7,13H2,(H,14,15)(H,16,17);1H/b9-6-;/t10-;/m0./s1. The number of aliphatic carboxylic acids is 2. The third kappa shape index (κ3) is 4.99. The Morgan fingerprint density at radius 3 is 2.22 bits per heavy atom. The SMILES string of the molecule is Cl.N[C@@H](C/C(=C/c1ccccc1)C(=O)O)C(=O)O. The molecule has 0 heterocycles. The summed E-state index contributed by atoms with van der Waals surface area (Å²) in [6.07, 6.45) is 1.21. The summed E-state index contributed by atoms with van der Waals surface area (Å²) in [7, 11) is 0. The number of carboxylic acid groups (broad SMARTS) is 2. The predicted octanol–water partition coefficient (Wildman–Crippen LogP) is 1.38. The van der Waals surface area contributed by atoms with E-state index in [1.165, 1.54) is 6.08 Å². The van der Waals surface area contributed by atoms with E-state index in [0.29, 0.717) is 5.56 Å². The summed E-state index contributed by atoms with van der Waals surface area (Å²) in [6, 6.07) is 7.59. The van der Waals surface area contributed by atoms with Gasteiger partial charge in [0.2, 0.25) is 0 Å². The Labute approximate surface area is 110 Å². The molecule has 0 unspecified atom stereocenters. The number of hydrogen-bond donors (Lipinski definition) is 3. The van der Waals surface area contributed by atoms with E-state index in [4.69, 9.17) is 15.9 Å². The highest BCUT2D eigenvalue weighted by atomic mass is 35.5. The van der Waals surface area contributed by atoms with Crippen LogP contribution in [-0.2, 0) is 9.59 Å². The molecule has 1 aromatic rings. The van der Waals surface area contributed by atoms with E-state index in [2.05, 4.69) is 0 Å². The molecule has 0 amide bonds. The van der Waals surface area contributed by atoms with E-state index in [9.17, 15) is 9.59 Å². The molecule has 0 saturated carbocycles. The van der Waals surface area contributed by atoms with Gasteiger partial charge in [-0.15, -0.1) is 12.4 Å². The molecule has 0 fully saturated rings. The molecule has 1 rings (SSSR count). The lowest BCUT2D eigenvalue weighted by molar-refractivity contribution is -0.138. The lowest BCUT2D eigenvalue weighted by atomic mass is 10.0. The number of nitrogens with two attached hydrogens (primary N) is 1. The predicted molar refractivity (Wildman–Crippen MR) is 69.5 cm³/mol. The molecule has 0 aliphatic carbocycles. The molecule has 18 heavy (non-hydrogen) atoms. The first-order chi connectivity index (χ1) is 8.00. The van der Waals surface area contributed by atoms with E-state index in [1.54, 1.807) is 30.3 Å². The van der Waals surface area contributed by atoms with E-state index in [-0.39, 0.29) is 24.4 Å². The van der Waals surface area contributed by atoms with Crippen LogP contribution in [0.25, 0.3) is 6.08 Å². The molecular weight excluding hydrogens is 258 g/mol. The monoisotopic (exact) mass is 271 g/mol. The second kappa shape index (κ2) is 7.47. The summed E-state index contributed by atoms with van der Waals surface area (Å²) >= 11 is 0. The van der Waals surface area contributed by atoms with Gasteiger partial charge in [0.15, 0.2) is 0 Å². The number of rotatable bonds is 5. The van der Waals surface area contributed by atoms with Crippen LogP contribution in [0.3, 0.4) is 0 Å². The second-order valence-electron chi connectivity index (χ2n) is 3.53. The van der Waals surface area contributed by atoms with Crippen molar-refractivity contribution in [2.45, 2.75) is 12.5 Å². The number of hydrogen-bond acceptors (Lipinski definition) is 3. The molecule has 98 valence electrons. The van der Waals surface area contributed by atoms with E-state index in [0.717, 1.165) is 0 Å². The molecule has 0 bridgehead atoms. The quantitative estimate of drug-likeness (QED) is 0.703. The Kier molecular flexibility index (Phi) is 6.70. The molecule has 0 aliphatic rings. The highest BCUT2D eigenvalue weighted by molar-refractivity contribution is 5.93. The Morgan fingerprint density at radius 1 is 1.22 bits per heavy atom. The third-order valence-electron chi connectivity index (χ3n) is 2.17. The first kappa shape index (κ1) is 16.1. The molecule has 0 radical (unpaired) electrons. The van der Waals surface area contributed by atoms with Gasteiger partial charge in [-0.3, -0.25) is 4.79 Å². The van der Waals surface area contributed by atoms with E-state index in [1.807, 2.05) is 0 Å². The number of carbonyl (C=O) groups is 2. The van der Waals surface area contributed by atoms with Crippen molar-refractivity contribution in [2.75, 3.05) is 0 Å². The zero-order chi connectivity index (χ0) is 12.8. The van der Waals surface area contributed by atoms with Crippen LogP contribution < -0.4 is 5.73 Å². The fraction of sp³-hybridized carbons (Fsp3) is 0.167. The van der Waals surface area contributed by atoms with Crippen molar-refractivity contribution in [3.8, 4) is 0 Å². The van der Waals surface area contributed by atoms with Gasteiger partial charge < -0.3 is 15.9 Å². The maximum absolute atomic E-state index is 10.9. The van der Waals surface area contributed by atoms with Crippen molar-refractivity contribution >= 4 is 30.4 Å². The summed E-state index contributed by atoms with van der Waals surface area (Å²) in [4.78, 5) is 21.5. The van der Waals surface area contributed by atoms with Crippen molar-refractivity contribution in [3.05, 3.63) is 41.5 Å². The Balaban J connectivity index is 0.00000289. The molecule has 5 nitrogen and oxygen atoms in total. The van der Waals surface area contributed by atoms with Crippen LogP contribution in [0.4, 0.5) is 0 Å². The van der Waals surface area contributed by atoms with Crippen LogP contribution >= 0.6 is 12.4 Å². The highest BCUT2D eigenvalue weighted by Crippen LogP contribution is 2.11. The number of halogens is 1. The zero-order valence-electron chi connectivity index (χ0n) is 9.45. The van der Waals surface area contributed by atoms with Crippen molar-refractivity contribution in [2.24, 2.45) is 5.73 Å². The minimum Gasteiger partial charge on any atom is -0.480 e. The van der Waals surface area contributed by atoms with Gasteiger partial charge in [-0.2, -0.15) is 0 Å². The summed E-state index contributed by atoms with van der Waals surface area (Å²) in [6.45, 7) is 0. The number of carboxylic acids is 2. The third-order valence-corrected chi connectivity index (χ3v) is 2.17. The molecule has 0 saturated heterocycles. The minimum atomic E-state index is -1.22. The molecule has 0 aliphatic heterocycles. The highest BCUT2D eigenvalue weighted by Gasteiger charge is 2.17. The molecular formula is C12H14ClNO4. The largest absolute Gasteiger partial charge is 0.480 e.